The number of hydrogen-bond donors (Lipinski definition) is 2. The number of fused-ring (bicyclic) bond motifs is 1. The Morgan fingerprint density at radius 3 is 2.89 bits per heavy atom. The Labute approximate surface area is 114 Å². The Kier molecular flexibility index (Phi) is 4.61. The second kappa shape index (κ2) is 6.41. The number of amides is 1. The summed E-state index contributed by atoms with van der Waals surface area (Å²) in [6, 6.07) is 8.26. The average molecular weight is 258 g/mol. The van der Waals surface area contributed by atoms with E-state index in [-0.39, 0.29) is 5.91 Å². The monoisotopic (exact) mass is 258 g/mol. The number of benzene rings is 1. The van der Waals surface area contributed by atoms with Crippen molar-refractivity contribution in [2.24, 2.45) is 0 Å². The van der Waals surface area contributed by atoms with Crippen molar-refractivity contribution in [3.8, 4) is 0 Å². The number of carbonyl (C=O) groups excluding carboxylic acids is 1. The van der Waals surface area contributed by atoms with Crippen LogP contribution in [-0.4, -0.2) is 17.4 Å². The predicted octanol–water partition coefficient (Wildman–Crippen LogP) is 3.33. The SMILES string of the molecule is CCCCNC(=O)CCc1c(C)[nH]c2ccccc12. The number of aromatic amines is 1. The van der Waals surface area contributed by atoms with E-state index in [1.54, 1.807) is 0 Å². The minimum atomic E-state index is 0.151. The van der Waals surface area contributed by atoms with Gasteiger partial charge in [0.15, 0.2) is 0 Å². The molecule has 1 aromatic carbocycles. The van der Waals surface area contributed by atoms with Crippen LogP contribution in [0.3, 0.4) is 0 Å². The van der Waals surface area contributed by atoms with Crippen LogP contribution in [0.5, 0.6) is 0 Å². The molecule has 19 heavy (non-hydrogen) atoms. The Morgan fingerprint density at radius 2 is 2.11 bits per heavy atom. The summed E-state index contributed by atoms with van der Waals surface area (Å²) < 4.78 is 0. The summed E-state index contributed by atoms with van der Waals surface area (Å²) in [6.45, 7) is 4.99. The van der Waals surface area contributed by atoms with Gasteiger partial charge in [-0.1, -0.05) is 31.5 Å². The zero-order valence-corrected chi connectivity index (χ0v) is 11.8. The summed E-state index contributed by atoms with van der Waals surface area (Å²) in [5, 5.41) is 4.20. The zero-order valence-electron chi connectivity index (χ0n) is 11.8. The lowest BCUT2D eigenvalue weighted by molar-refractivity contribution is -0.121. The van der Waals surface area contributed by atoms with Crippen LogP contribution < -0.4 is 5.32 Å². The van der Waals surface area contributed by atoms with Gasteiger partial charge in [0.25, 0.3) is 0 Å². The van der Waals surface area contributed by atoms with Gasteiger partial charge in [-0.15, -0.1) is 0 Å². The molecule has 0 unspecified atom stereocenters. The Hall–Kier alpha value is -1.77. The first-order chi connectivity index (χ1) is 9.22. The number of aryl methyl sites for hydroxylation is 2. The van der Waals surface area contributed by atoms with Gasteiger partial charge in [-0.3, -0.25) is 4.79 Å². The second-order valence-corrected chi connectivity index (χ2v) is 4.98. The Morgan fingerprint density at radius 1 is 1.32 bits per heavy atom. The largest absolute Gasteiger partial charge is 0.358 e. The van der Waals surface area contributed by atoms with Crippen LogP contribution in [-0.2, 0) is 11.2 Å². The summed E-state index contributed by atoms with van der Waals surface area (Å²) in [6.07, 6.45) is 3.53. The molecule has 1 amide bonds. The maximum absolute atomic E-state index is 11.7. The van der Waals surface area contributed by atoms with Crippen molar-refractivity contribution in [2.75, 3.05) is 6.54 Å². The van der Waals surface area contributed by atoms with Crippen molar-refractivity contribution in [1.82, 2.24) is 10.3 Å². The number of H-pyrrole nitrogens is 1. The molecule has 0 bridgehead atoms. The highest BCUT2D eigenvalue weighted by Gasteiger charge is 2.09. The fourth-order valence-electron chi connectivity index (χ4n) is 2.39. The molecule has 0 fully saturated rings. The molecule has 0 aliphatic rings. The lowest BCUT2D eigenvalue weighted by Crippen LogP contribution is -2.24. The van der Waals surface area contributed by atoms with Gasteiger partial charge in [-0.25, -0.2) is 0 Å². The molecule has 0 aliphatic heterocycles. The van der Waals surface area contributed by atoms with Gasteiger partial charge < -0.3 is 10.3 Å². The predicted molar refractivity (Wildman–Crippen MR) is 79.3 cm³/mol. The number of hydrogen-bond acceptors (Lipinski definition) is 1. The fourth-order valence-corrected chi connectivity index (χ4v) is 2.39. The minimum absolute atomic E-state index is 0.151. The van der Waals surface area contributed by atoms with E-state index < -0.39 is 0 Å². The third-order valence-electron chi connectivity index (χ3n) is 3.48. The van der Waals surface area contributed by atoms with Crippen molar-refractivity contribution >= 4 is 16.8 Å². The summed E-state index contributed by atoms with van der Waals surface area (Å²) in [7, 11) is 0. The van der Waals surface area contributed by atoms with Crippen LogP contribution in [0.4, 0.5) is 0 Å². The van der Waals surface area contributed by atoms with Crippen molar-refractivity contribution in [1.29, 1.82) is 0 Å². The first-order valence-electron chi connectivity index (χ1n) is 7.05. The molecular formula is C16H22N2O. The first-order valence-corrected chi connectivity index (χ1v) is 7.05. The lowest BCUT2D eigenvalue weighted by atomic mass is 10.1. The topological polar surface area (TPSA) is 44.9 Å². The quantitative estimate of drug-likeness (QED) is 0.767. The van der Waals surface area contributed by atoms with Crippen molar-refractivity contribution in [3.63, 3.8) is 0 Å². The van der Waals surface area contributed by atoms with Crippen molar-refractivity contribution < 1.29 is 4.79 Å². The third-order valence-corrected chi connectivity index (χ3v) is 3.48. The molecule has 1 heterocycles. The van der Waals surface area contributed by atoms with E-state index in [2.05, 4.69) is 36.3 Å². The summed E-state index contributed by atoms with van der Waals surface area (Å²) >= 11 is 0. The molecule has 0 saturated heterocycles. The van der Waals surface area contributed by atoms with Gasteiger partial charge in [0.05, 0.1) is 0 Å². The van der Waals surface area contributed by atoms with Gasteiger partial charge in [-0.05, 0) is 31.4 Å². The maximum atomic E-state index is 11.7. The van der Waals surface area contributed by atoms with Crippen LogP contribution in [0.2, 0.25) is 0 Å². The summed E-state index contributed by atoms with van der Waals surface area (Å²) in [5.41, 5.74) is 3.59. The van der Waals surface area contributed by atoms with E-state index in [0.717, 1.165) is 31.3 Å². The van der Waals surface area contributed by atoms with Crippen LogP contribution in [0.25, 0.3) is 10.9 Å². The molecule has 0 saturated carbocycles. The van der Waals surface area contributed by atoms with Gasteiger partial charge in [-0.2, -0.15) is 0 Å². The zero-order chi connectivity index (χ0) is 13.7. The molecule has 0 atom stereocenters. The highest BCUT2D eigenvalue weighted by Crippen LogP contribution is 2.22. The number of aromatic nitrogens is 1. The normalized spacial score (nSPS) is 10.8. The molecule has 1 aromatic heterocycles. The van der Waals surface area contributed by atoms with Crippen molar-refractivity contribution in [2.45, 2.75) is 39.5 Å². The van der Waals surface area contributed by atoms with E-state index in [1.807, 2.05) is 12.1 Å². The van der Waals surface area contributed by atoms with E-state index in [4.69, 9.17) is 0 Å². The summed E-state index contributed by atoms with van der Waals surface area (Å²) in [4.78, 5) is 15.1. The smallest absolute Gasteiger partial charge is 0.220 e. The second-order valence-electron chi connectivity index (χ2n) is 4.98. The van der Waals surface area contributed by atoms with Crippen LogP contribution in [0.1, 0.15) is 37.4 Å². The van der Waals surface area contributed by atoms with Crippen LogP contribution >= 0.6 is 0 Å². The molecular weight excluding hydrogens is 236 g/mol. The Bertz CT molecular complexity index is 557. The number of unbranched alkanes of at least 4 members (excludes halogenated alkanes) is 1. The highest BCUT2D eigenvalue weighted by atomic mass is 16.1. The van der Waals surface area contributed by atoms with Crippen LogP contribution in [0, 0.1) is 6.92 Å². The number of para-hydroxylation sites is 1. The highest BCUT2D eigenvalue weighted by molar-refractivity contribution is 5.85. The van der Waals surface area contributed by atoms with E-state index in [1.165, 1.54) is 16.6 Å². The molecule has 2 N–H and O–H groups in total. The molecule has 3 heteroatoms. The van der Waals surface area contributed by atoms with E-state index in [9.17, 15) is 4.79 Å². The number of nitrogens with one attached hydrogen (secondary N) is 2. The van der Waals surface area contributed by atoms with Gasteiger partial charge in [0.1, 0.15) is 0 Å². The fraction of sp³-hybridized carbons (Fsp3) is 0.438. The molecule has 2 aromatic rings. The number of rotatable bonds is 6. The third kappa shape index (κ3) is 3.37. The molecule has 3 nitrogen and oxygen atoms in total. The van der Waals surface area contributed by atoms with E-state index >= 15 is 0 Å². The van der Waals surface area contributed by atoms with E-state index in [0.29, 0.717) is 6.42 Å². The van der Waals surface area contributed by atoms with Gasteiger partial charge in [0, 0.05) is 29.6 Å². The first kappa shape index (κ1) is 13.7. The minimum Gasteiger partial charge on any atom is -0.358 e. The average Bonchev–Trinajstić information content (AvgIpc) is 2.72. The molecule has 102 valence electrons. The lowest BCUT2D eigenvalue weighted by Gasteiger charge is -2.04. The summed E-state index contributed by atoms with van der Waals surface area (Å²) in [5.74, 6) is 0.151. The molecule has 0 aliphatic carbocycles. The maximum Gasteiger partial charge on any atom is 0.220 e. The number of carbonyl (C=O) groups is 1. The van der Waals surface area contributed by atoms with Crippen LogP contribution in [0.15, 0.2) is 24.3 Å². The Balaban J connectivity index is 1.98. The molecule has 0 radical (unpaired) electrons. The standard InChI is InChI=1S/C16H22N2O/c1-3-4-11-17-16(19)10-9-13-12(2)18-15-8-6-5-7-14(13)15/h5-8,18H,3-4,9-11H2,1-2H3,(H,17,19). The molecule has 2 rings (SSSR count). The van der Waals surface area contributed by atoms with Gasteiger partial charge in [0.2, 0.25) is 5.91 Å². The van der Waals surface area contributed by atoms with Gasteiger partial charge >= 0.3 is 0 Å². The van der Waals surface area contributed by atoms with Crippen molar-refractivity contribution in [3.05, 3.63) is 35.5 Å². The molecule has 0 spiro atoms.